The number of aryl methyl sites for hydroxylation is 1. The summed E-state index contributed by atoms with van der Waals surface area (Å²) in [7, 11) is 0. The molecule has 2 amide bonds. The lowest BCUT2D eigenvalue weighted by Crippen LogP contribution is -2.27. The van der Waals surface area contributed by atoms with Gasteiger partial charge in [-0.15, -0.1) is 0 Å². The van der Waals surface area contributed by atoms with Gasteiger partial charge in [-0.05, 0) is 43.2 Å². The van der Waals surface area contributed by atoms with Gasteiger partial charge in [0.15, 0.2) is 6.61 Å². The predicted molar refractivity (Wildman–Crippen MR) is 99.6 cm³/mol. The van der Waals surface area contributed by atoms with Gasteiger partial charge in [0.25, 0.3) is 5.91 Å². The van der Waals surface area contributed by atoms with E-state index in [0.717, 1.165) is 6.20 Å². The van der Waals surface area contributed by atoms with Crippen molar-refractivity contribution in [3.05, 3.63) is 47.4 Å². The minimum atomic E-state index is -4.46. The number of carbonyl (C=O) groups excluding carboxylic acids is 2. The van der Waals surface area contributed by atoms with Crippen LogP contribution in [0.5, 0.6) is 5.75 Å². The first-order valence-electron chi connectivity index (χ1n) is 8.82. The molecule has 1 unspecified atom stereocenters. The number of anilines is 1. The average molecular weight is 410 g/mol. The number of amides is 2. The van der Waals surface area contributed by atoms with Gasteiger partial charge in [0.05, 0.1) is 12.2 Å². The molecular formula is C19H21F3N4O3. The molecule has 0 aliphatic carbocycles. The van der Waals surface area contributed by atoms with Crippen LogP contribution < -0.4 is 15.4 Å². The Morgan fingerprint density at radius 3 is 2.59 bits per heavy atom. The minimum absolute atomic E-state index is 0.0438. The van der Waals surface area contributed by atoms with Gasteiger partial charge in [-0.2, -0.15) is 13.2 Å². The number of nitrogens with one attached hydrogen (secondary N) is 2. The van der Waals surface area contributed by atoms with Crippen LogP contribution in [0.4, 0.5) is 19.0 Å². The second-order valence-corrected chi connectivity index (χ2v) is 6.31. The average Bonchev–Trinajstić information content (AvgIpc) is 2.66. The lowest BCUT2D eigenvalue weighted by Gasteiger charge is -2.16. The van der Waals surface area contributed by atoms with Crippen molar-refractivity contribution in [3.8, 4) is 5.75 Å². The molecule has 0 aliphatic heterocycles. The highest BCUT2D eigenvalue weighted by molar-refractivity contribution is 5.93. The Balaban J connectivity index is 2.05. The molecule has 0 aromatic carbocycles. The fraction of sp³-hybridized carbons (Fsp3) is 0.368. The highest BCUT2D eigenvalue weighted by Crippen LogP contribution is 2.22. The number of carbonyl (C=O) groups is 2. The number of alkyl halides is 3. The summed E-state index contributed by atoms with van der Waals surface area (Å²) in [6.07, 6.45) is -1.55. The van der Waals surface area contributed by atoms with Crippen LogP contribution in [0.2, 0.25) is 0 Å². The molecular weight excluding hydrogens is 389 g/mol. The first kappa shape index (κ1) is 22.1. The van der Waals surface area contributed by atoms with Gasteiger partial charge < -0.3 is 15.4 Å². The standard InChI is InChI=1S/C19H21F3N4O3/c1-4-17(27)26-16-8-13(5-6-23-16)12(3)25-18(28)14-7-11(2)15(9-24-14)29-10-19(20,21)22/h5-9,12H,4,10H2,1-3H3,(H,25,28)(H,23,26,27). The van der Waals surface area contributed by atoms with Gasteiger partial charge in [-0.3, -0.25) is 9.59 Å². The monoisotopic (exact) mass is 410 g/mol. The lowest BCUT2D eigenvalue weighted by atomic mass is 10.1. The summed E-state index contributed by atoms with van der Waals surface area (Å²) >= 11 is 0. The summed E-state index contributed by atoms with van der Waals surface area (Å²) in [6.45, 7) is 3.55. The number of hydrogen-bond acceptors (Lipinski definition) is 5. The predicted octanol–water partition coefficient (Wildman–Crippen LogP) is 3.57. The maximum Gasteiger partial charge on any atom is 0.422 e. The summed E-state index contributed by atoms with van der Waals surface area (Å²) < 4.78 is 41.5. The van der Waals surface area contributed by atoms with Crippen molar-refractivity contribution in [1.29, 1.82) is 0 Å². The van der Waals surface area contributed by atoms with Crippen LogP contribution in [0.1, 0.15) is 47.9 Å². The number of nitrogens with zero attached hydrogens (tertiary/aromatic N) is 2. The molecule has 0 bridgehead atoms. The summed E-state index contributed by atoms with van der Waals surface area (Å²) in [6, 6.07) is 4.27. The Kier molecular flexibility index (Phi) is 7.13. The first-order valence-corrected chi connectivity index (χ1v) is 8.82. The molecule has 0 saturated heterocycles. The second-order valence-electron chi connectivity index (χ2n) is 6.31. The fourth-order valence-corrected chi connectivity index (χ4v) is 2.35. The molecule has 2 rings (SSSR count). The zero-order valence-corrected chi connectivity index (χ0v) is 16.1. The topological polar surface area (TPSA) is 93.2 Å². The van der Waals surface area contributed by atoms with Crippen LogP contribution >= 0.6 is 0 Å². The molecule has 7 nitrogen and oxygen atoms in total. The largest absolute Gasteiger partial charge is 0.482 e. The van der Waals surface area contributed by atoms with Crippen LogP contribution in [0.25, 0.3) is 0 Å². The van der Waals surface area contributed by atoms with Crippen LogP contribution in [0.3, 0.4) is 0 Å². The highest BCUT2D eigenvalue weighted by atomic mass is 19.4. The zero-order chi connectivity index (χ0) is 21.6. The molecule has 2 heterocycles. The smallest absolute Gasteiger partial charge is 0.422 e. The van der Waals surface area contributed by atoms with Gasteiger partial charge in [0.2, 0.25) is 5.91 Å². The van der Waals surface area contributed by atoms with E-state index in [1.54, 1.807) is 26.0 Å². The molecule has 2 aromatic heterocycles. The van der Waals surface area contributed by atoms with Crippen LogP contribution in [-0.2, 0) is 4.79 Å². The fourth-order valence-electron chi connectivity index (χ4n) is 2.35. The van der Waals surface area contributed by atoms with E-state index in [0.29, 0.717) is 23.4 Å². The van der Waals surface area contributed by atoms with E-state index in [1.165, 1.54) is 19.2 Å². The SMILES string of the molecule is CCC(=O)Nc1cc(C(C)NC(=O)c2cc(C)c(OCC(F)(F)F)cn2)ccn1. The molecule has 0 aliphatic rings. The van der Waals surface area contributed by atoms with Crippen molar-refractivity contribution in [2.75, 3.05) is 11.9 Å². The summed E-state index contributed by atoms with van der Waals surface area (Å²) in [4.78, 5) is 31.9. The van der Waals surface area contributed by atoms with E-state index >= 15 is 0 Å². The number of halogens is 3. The van der Waals surface area contributed by atoms with Gasteiger partial charge in [-0.25, -0.2) is 9.97 Å². The number of rotatable bonds is 7. The van der Waals surface area contributed by atoms with E-state index in [-0.39, 0.29) is 17.4 Å². The zero-order valence-electron chi connectivity index (χ0n) is 16.1. The van der Waals surface area contributed by atoms with Gasteiger partial charge in [0.1, 0.15) is 17.3 Å². The molecule has 0 radical (unpaired) electrons. The van der Waals surface area contributed by atoms with Crippen molar-refractivity contribution in [1.82, 2.24) is 15.3 Å². The van der Waals surface area contributed by atoms with Crippen LogP contribution in [0.15, 0.2) is 30.6 Å². The third-order valence-corrected chi connectivity index (χ3v) is 3.91. The molecule has 2 aromatic rings. The van der Waals surface area contributed by atoms with E-state index in [1.807, 2.05) is 0 Å². The van der Waals surface area contributed by atoms with Gasteiger partial charge in [0, 0.05) is 12.6 Å². The Labute approximate surface area is 165 Å². The van der Waals surface area contributed by atoms with Crippen molar-refractivity contribution in [2.45, 2.75) is 39.4 Å². The lowest BCUT2D eigenvalue weighted by molar-refractivity contribution is -0.153. The maximum absolute atomic E-state index is 12.4. The minimum Gasteiger partial charge on any atom is -0.482 e. The van der Waals surface area contributed by atoms with Crippen molar-refractivity contribution >= 4 is 17.6 Å². The Hall–Kier alpha value is -3.17. The number of aromatic nitrogens is 2. The quantitative estimate of drug-likeness (QED) is 0.728. The third kappa shape index (κ3) is 6.74. The van der Waals surface area contributed by atoms with E-state index in [2.05, 4.69) is 25.3 Å². The molecule has 0 saturated carbocycles. The van der Waals surface area contributed by atoms with Gasteiger partial charge >= 0.3 is 6.18 Å². The highest BCUT2D eigenvalue weighted by Gasteiger charge is 2.28. The van der Waals surface area contributed by atoms with Crippen LogP contribution in [0, 0.1) is 6.92 Å². The molecule has 1 atom stereocenters. The Morgan fingerprint density at radius 2 is 1.97 bits per heavy atom. The summed E-state index contributed by atoms with van der Waals surface area (Å²) in [5, 5.41) is 5.39. The second kappa shape index (κ2) is 9.35. The molecule has 0 fully saturated rings. The molecule has 156 valence electrons. The van der Waals surface area contributed by atoms with Crippen LogP contribution in [-0.4, -0.2) is 34.6 Å². The van der Waals surface area contributed by atoms with E-state index in [9.17, 15) is 22.8 Å². The van der Waals surface area contributed by atoms with E-state index < -0.39 is 24.7 Å². The van der Waals surface area contributed by atoms with Gasteiger partial charge in [-0.1, -0.05) is 6.92 Å². The van der Waals surface area contributed by atoms with Crippen molar-refractivity contribution in [2.24, 2.45) is 0 Å². The summed E-state index contributed by atoms with van der Waals surface area (Å²) in [5.41, 5.74) is 1.11. The third-order valence-electron chi connectivity index (χ3n) is 3.91. The molecule has 0 spiro atoms. The molecule has 2 N–H and O–H groups in total. The Morgan fingerprint density at radius 1 is 1.24 bits per heavy atom. The van der Waals surface area contributed by atoms with E-state index in [4.69, 9.17) is 0 Å². The normalized spacial score (nSPS) is 12.2. The molecule has 10 heteroatoms. The number of ether oxygens (including phenoxy) is 1. The first-order chi connectivity index (χ1) is 13.6. The Bertz CT molecular complexity index is 887. The molecule has 29 heavy (non-hydrogen) atoms. The van der Waals surface area contributed by atoms with Crippen molar-refractivity contribution in [3.63, 3.8) is 0 Å². The number of hydrogen-bond donors (Lipinski definition) is 2. The number of pyridine rings is 2. The summed E-state index contributed by atoms with van der Waals surface area (Å²) in [5.74, 6) is -0.356. The maximum atomic E-state index is 12.4. The van der Waals surface area contributed by atoms with Crippen molar-refractivity contribution < 1.29 is 27.5 Å².